The van der Waals surface area contributed by atoms with Crippen LogP contribution in [0.5, 0.6) is 0 Å². The van der Waals surface area contributed by atoms with E-state index in [0.717, 1.165) is 60.6 Å². The summed E-state index contributed by atoms with van der Waals surface area (Å²) in [6.07, 6.45) is 0. The standard InChI is InChI=1S/C45H27N5O/c1-2-13-28(14-3-1)43-46-44(48-45(47-43)50-39-23-10-6-17-32(39)33-18-7-11-24-40(33)50)35-20-12-19-34-36-27-29(25-26-41(36)51-42(34)35)49-37-21-8-4-15-30(37)31-16-5-9-22-38(31)49/h1-27H. The van der Waals surface area contributed by atoms with Crippen LogP contribution in [-0.4, -0.2) is 24.1 Å². The van der Waals surface area contributed by atoms with E-state index < -0.39 is 0 Å². The molecule has 11 aromatic rings. The van der Waals surface area contributed by atoms with Crippen LogP contribution in [0, 0.1) is 0 Å². The molecule has 4 aromatic heterocycles. The lowest BCUT2D eigenvalue weighted by Crippen LogP contribution is -2.06. The Kier molecular flexibility index (Phi) is 5.86. The average Bonchev–Trinajstić information content (AvgIpc) is 3.86. The molecule has 0 atom stereocenters. The number of hydrogen-bond acceptors (Lipinski definition) is 4. The number of nitrogens with zero attached hydrogens (tertiary/aromatic N) is 5. The van der Waals surface area contributed by atoms with Crippen molar-refractivity contribution in [2.75, 3.05) is 0 Å². The van der Waals surface area contributed by atoms with Gasteiger partial charge < -0.3 is 8.98 Å². The average molecular weight is 654 g/mol. The Morgan fingerprint density at radius 1 is 0.392 bits per heavy atom. The summed E-state index contributed by atoms with van der Waals surface area (Å²) in [6, 6.07) is 56.7. The highest BCUT2D eigenvalue weighted by molar-refractivity contribution is 6.12. The Hall–Kier alpha value is -7.05. The number of fused-ring (bicyclic) bond motifs is 9. The van der Waals surface area contributed by atoms with Crippen LogP contribution in [0.15, 0.2) is 168 Å². The number of hydrogen-bond donors (Lipinski definition) is 0. The first kappa shape index (κ1) is 27.9. The van der Waals surface area contributed by atoms with Gasteiger partial charge >= 0.3 is 0 Å². The smallest absolute Gasteiger partial charge is 0.238 e. The van der Waals surface area contributed by atoms with E-state index in [1.165, 1.54) is 21.8 Å². The summed E-state index contributed by atoms with van der Waals surface area (Å²) in [7, 11) is 0. The van der Waals surface area contributed by atoms with E-state index in [1.807, 2.05) is 36.4 Å². The van der Waals surface area contributed by atoms with Crippen LogP contribution in [0.2, 0.25) is 0 Å². The van der Waals surface area contributed by atoms with E-state index in [0.29, 0.717) is 17.6 Å². The summed E-state index contributed by atoms with van der Waals surface area (Å²) < 4.78 is 11.2. The van der Waals surface area contributed by atoms with Gasteiger partial charge in [0.25, 0.3) is 0 Å². The number of aromatic nitrogens is 5. The van der Waals surface area contributed by atoms with Gasteiger partial charge in [0.2, 0.25) is 5.95 Å². The fourth-order valence-corrected chi connectivity index (χ4v) is 7.74. The van der Waals surface area contributed by atoms with E-state index in [2.05, 4.69) is 137 Å². The molecule has 0 N–H and O–H groups in total. The minimum absolute atomic E-state index is 0.549. The van der Waals surface area contributed by atoms with E-state index in [4.69, 9.17) is 19.4 Å². The van der Waals surface area contributed by atoms with Gasteiger partial charge in [0, 0.05) is 43.6 Å². The van der Waals surface area contributed by atoms with Crippen molar-refractivity contribution in [1.82, 2.24) is 24.1 Å². The van der Waals surface area contributed by atoms with Crippen molar-refractivity contribution in [3.63, 3.8) is 0 Å². The molecular formula is C45H27N5O. The Morgan fingerprint density at radius 2 is 0.922 bits per heavy atom. The van der Waals surface area contributed by atoms with Gasteiger partial charge in [0.1, 0.15) is 11.2 Å². The summed E-state index contributed by atoms with van der Waals surface area (Å²) in [6.45, 7) is 0. The maximum atomic E-state index is 6.69. The predicted molar refractivity (Wildman–Crippen MR) is 207 cm³/mol. The predicted octanol–water partition coefficient (Wildman–Crippen LogP) is 11.3. The molecular weight excluding hydrogens is 627 g/mol. The van der Waals surface area contributed by atoms with Crippen LogP contribution < -0.4 is 0 Å². The quantitative estimate of drug-likeness (QED) is 0.190. The molecule has 0 bridgehead atoms. The van der Waals surface area contributed by atoms with Gasteiger partial charge in [-0.05, 0) is 48.5 Å². The van der Waals surface area contributed by atoms with Gasteiger partial charge in [-0.2, -0.15) is 9.97 Å². The molecule has 11 rings (SSSR count). The monoisotopic (exact) mass is 653 g/mol. The van der Waals surface area contributed by atoms with Crippen molar-refractivity contribution in [2.24, 2.45) is 0 Å². The third-order valence-corrected chi connectivity index (χ3v) is 10.00. The normalized spacial score (nSPS) is 11.9. The Labute approximate surface area is 291 Å². The zero-order valence-corrected chi connectivity index (χ0v) is 27.2. The molecule has 7 aromatic carbocycles. The van der Waals surface area contributed by atoms with Gasteiger partial charge in [0.05, 0.1) is 27.6 Å². The lowest BCUT2D eigenvalue weighted by Gasteiger charge is -2.11. The molecule has 0 aliphatic heterocycles. The third kappa shape index (κ3) is 4.14. The van der Waals surface area contributed by atoms with Crippen molar-refractivity contribution >= 4 is 65.6 Å². The van der Waals surface area contributed by atoms with E-state index in [9.17, 15) is 0 Å². The van der Waals surface area contributed by atoms with E-state index in [1.54, 1.807) is 0 Å². The molecule has 0 amide bonds. The fraction of sp³-hybridized carbons (Fsp3) is 0. The summed E-state index contributed by atoms with van der Waals surface area (Å²) in [4.78, 5) is 15.4. The second-order valence-electron chi connectivity index (χ2n) is 12.9. The van der Waals surface area contributed by atoms with Crippen LogP contribution >= 0.6 is 0 Å². The minimum atomic E-state index is 0.549. The van der Waals surface area contributed by atoms with Gasteiger partial charge in [-0.15, -0.1) is 0 Å². The second kappa shape index (κ2) is 10.7. The molecule has 0 aliphatic rings. The lowest BCUT2D eigenvalue weighted by atomic mass is 10.1. The third-order valence-electron chi connectivity index (χ3n) is 10.00. The lowest BCUT2D eigenvalue weighted by molar-refractivity contribution is 0.669. The molecule has 0 saturated carbocycles. The molecule has 4 heterocycles. The molecule has 238 valence electrons. The number of benzene rings is 7. The number of para-hydroxylation sites is 5. The first-order valence-electron chi connectivity index (χ1n) is 17.0. The molecule has 0 spiro atoms. The molecule has 0 fully saturated rings. The van der Waals surface area contributed by atoms with Crippen LogP contribution in [0.4, 0.5) is 0 Å². The highest BCUT2D eigenvalue weighted by Crippen LogP contribution is 2.39. The van der Waals surface area contributed by atoms with Crippen molar-refractivity contribution < 1.29 is 4.42 Å². The first-order valence-corrected chi connectivity index (χ1v) is 17.0. The Balaban J connectivity index is 1.15. The van der Waals surface area contributed by atoms with Crippen LogP contribution in [0.1, 0.15) is 0 Å². The van der Waals surface area contributed by atoms with Gasteiger partial charge in [0.15, 0.2) is 11.6 Å². The largest absolute Gasteiger partial charge is 0.455 e. The van der Waals surface area contributed by atoms with Crippen LogP contribution in [-0.2, 0) is 0 Å². The highest BCUT2D eigenvalue weighted by Gasteiger charge is 2.21. The van der Waals surface area contributed by atoms with Crippen molar-refractivity contribution in [2.45, 2.75) is 0 Å². The highest BCUT2D eigenvalue weighted by atomic mass is 16.3. The van der Waals surface area contributed by atoms with Gasteiger partial charge in [-0.3, -0.25) is 4.57 Å². The summed E-state index contributed by atoms with van der Waals surface area (Å²) >= 11 is 0. The van der Waals surface area contributed by atoms with Gasteiger partial charge in [-0.1, -0.05) is 115 Å². The first-order chi connectivity index (χ1) is 25.3. The number of furan rings is 1. The zero-order chi connectivity index (χ0) is 33.5. The molecule has 6 nitrogen and oxygen atoms in total. The molecule has 0 unspecified atom stereocenters. The molecule has 0 saturated heterocycles. The Bertz CT molecular complexity index is 3040. The maximum absolute atomic E-state index is 6.69. The molecule has 0 aliphatic carbocycles. The van der Waals surface area contributed by atoms with Gasteiger partial charge in [-0.25, -0.2) is 4.98 Å². The second-order valence-corrected chi connectivity index (χ2v) is 12.9. The fourth-order valence-electron chi connectivity index (χ4n) is 7.74. The van der Waals surface area contributed by atoms with E-state index >= 15 is 0 Å². The summed E-state index contributed by atoms with van der Waals surface area (Å²) in [5.74, 6) is 1.70. The molecule has 51 heavy (non-hydrogen) atoms. The summed E-state index contributed by atoms with van der Waals surface area (Å²) in [5, 5.41) is 6.80. The summed E-state index contributed by atoms with van der Waals surface area (Å²) in [5.41, 5.74) is 8.76. The topological polar surface area (TPSA) is 61.7 Å². The molecule has 0 radical (unpaired) electrons. The SMILES string of the molecule is c1ccc(-c2nc(-c3cccc4c3oc3ccc(-n5c6ccccc6c6ccccc65)cc34)nc(-n3c4ccccc4c4ccccc43)n2)cc1. The molecule has 6 heteroatoms. The maximum Gasteiger partial charge on any atom is 0.238 e. The van der Waals surface area contributed by atoms with Crippen molar-refractivity contribution in [3.05, 3.63) is 164 Å². The van der Waals surface area contributed by atoms with Crippen LogP contribution in [0.3, 0.4) is 0 Å². The number of rotatable bonds is 4. The van der Waals surface area contributed by atoms with Crippen LogP contribution in [0.25, 0.3) is 100.0 Å². The van der Waals surface area contributed by atoms with E-state index in [-0.39, 0.29) is 0 Å². The van der Waals surface area contributed by atoms with Crippen molar-refractivity contribution in [3.8, 4) is 34.4 Å². The van der Waals surface area contributed by atoms with Crippen molar-refractivity contribution in [1.29, 1.82) is 0 Å². The zero-order valence-electron chi connectivity index (χ0n) is 27.2. The Morgan fingerprint density at radius 3 is 1.55 bits per heavy atom. The minimum Gasteiger partial charge on any atom is -0.455 e.